The summed E-state index contributed by atoms with van der Waals surface area (Å²) in [5.74, 6) is -0.581. The van der Waals surface area contributed by atoms with Crippen molar-refractivity contribution >= 4 is 17.7 Å². The van der Waals surface area contributed by atoms with Crippen LogP contribution in [0, 0.1) is 0 Å². The number of benzene rings is 1. The lowest BCUT2D eigenvalue weighted by Gasteiger charge is -2.20. The number of pyridine rings is 1. The summed E-state index contributed by atoms with van der Waals surface area (Å²) in [7, 11) is 0. The third-order valence-electron chi connectivity index (χ3n) is 2.91. The number of rotatable bonds is 5. The predicted octanol–water partition coefficient (Wildman–Crippen LogP) is 5.52. The zero-order chi connectivity index (χ0) is 17.8. The summed E-state index contributed by atoms with van der Waals surface area (Å²) in [6.07, 6.45) is -5.55. The molecular formula is C16H11ClF5NO. The first-order valence-electron chi connectivity index (χ1n) is 6.68. The first kappa shape index (κ1) is 18.2. The molecule has 0 amide bonds. The minimum atomic E-state index is -5.77. The quantitative estimate of drug-likeness (QED) is 0.652. The molecule has 0 aliphatic heterocycles. The topological polar surface area (TPSA) is 22.1 Å². The Bertz CT molecular complexity index is 713. The van der Waals surface area contributed by atoms with Crippen molar-refractivity contribution in [3.8, 4) is 5.75 Å². The molecule has 128 valence electrons. The summed E-state index contributed by atoms with van der Waals surface area (Å²) in [4.78, 5) is 4.09. The number of allylic oxidation sites excluding steroid dienone is 1. The fourth-order valence-electron chi connectivity index (χ4n) is 1.73. The molecule has 2 nitrogen and oxygen atoms in total. The van der Waals surface area contributed by atoms with Crippen molar-refractivity contribution in [2.75, 3.05) is 0 Å². The molecule has 0 radical (unpaired) electrons. The van der Waals surface area contributed by atoms with Gasteiger partial charge >= 0.3 is 12.3 Å². The molecule has 0 spiro atoms. The third kappa shape index (κ3) is 4.67. The monoisotopic (exact) mass is 363 g/mol. The van der Waals surface area contributed by atoms with E-state index >= 15 is 0 Å². The van der Waals surface area contributed by atoms with Crippen LogP contribution in [0.2, 0.25) is 5.02 Å². The molecule has 0 fully saturated rings. The highest BCUT2D eigenvalue weighted by molar-refractivity contribution is 6.31. The van der Waals surface area contributed by atoms with Gasteiger partial charge in [-0.15, -0.1) is 0 Å². The SMILES string of the molecule is FC(F)(F)C(F)(F)Oc1ccc(C=CCc2ncccc2Cl)cc1. The van der Waals surface area contributed by atoms with E-state index in [0.29, 0.717) is 22.7 Å². The van der Waals surface area contributed by atoms with Crippen LogP contribution in [0.25, 0.3) is 6.08 Å². The number of nitrogens with zero attached hydrogens (tertiary/aromatic N) is 1. The predicted molar refractivity (Wildman–Crippen MR) is 80.1 cm³/mol. The van der Waals surface area contributed by atoms with Gasteiger partial charge in [-0.25, -0.2) is 0 Å². The maximum absolute atomic E-state index is 12.8. The smallest absolute Gasteiger partial charge is 0.426 e. The van der Waals surface area contributed by atoms with Gasteiger partial charge in [0.2, 0.25) is 0 Å². The van der Waals surface area contributed by atoms with Gasteiger partial charge in [0, 0.05) is 12.6 Å². The van der Waals surface area contributed by atoms with Crippen LogP contribution in [0.1, 0.15) is 11.3 Å². The second kappa shape index (κ2) is 7.17. The first-order chi connectivity index (χ1) is 11.2. The van der Waals surface area contributed by atoms with Crippen molar-refractivity contribution in [1.29, 1.82) is 0 Å². The maximum Gasteiger partial charge on any atom is 0.499 e. The minimum absolute atomic E-state index is 0.448. The van der Waals surface area contributed by atoms with Crippen molar-refractivity contribution in [2.45, 2.75) is 18.7 Å². The highest BCUT2D eigenvalue weighted by Gasteiger charge is 2.61. The molecule has 0 N–H and O–H groups in total. The molecule has 0 saturated carbocycles. The molecule has 0 bridgehead atoms. The van der Waals surface area contributed by atoms with Gasteiger partial charge in [-0.2, -0.15) is 22.0 Å². The van der Waals surface area contributed by atoms with Gasteiger partial charge in [0.15, 0.2) is 0 Å². The number of aromatic nitrogens is 1. The molecule has 1 heterocycles. The van der Waals surface area contributed by atoms with Crippen molar-refractivity contribution in [2.24, 2.45) is 0 Å². The molecule has 1 aromatic heterocycles. The van der Waals surface area contributed by atoms with Gasteiger partial charge in [0.1, 0.15) is 5.75 Å². The normalized spacial score (nSPS) is 12.6. The van der Waals surface area contributed by atoms with Gasteiger partial charge in [-0.3, -0.25) is 4.98 Å². The average molecular weight is 364 g/mol. The number of halogens is 6. The Morgan fingerprint density at radius 1 is 1.04 bits per heavy atom. The Balaban J connectivity index is 2.00. The number of hydrogen-bond donors (Lipinski definition) is 0. The standard InChI is InChI=1S/C16H11ClF5NO/c17-13-4-2-10-23-14(13)5-1-3-11-6-8-12(9-7-11)24-16(21,22)15(18,19)20/h1-4,6-10H,5H2. The van der Waals surface area contributed by atoms with E-state index in [1.807, 2.05) is 0 Å². The van der Waals surface area contributed by atoms with Crippen molar-refractivity contribution < 1.29 is 26.7 Å². The summed E-state index contributed by atoms with van der Waals surface area (Å²) < 4.78 is 65.4. The highest BCUT2D eigenvalue weighted by Crippen LogP contribution is 2.37. The first-order valence-corrected chi connectivity index (χ1v) is 7.06. The van der Waals surface area contributed by atoms with E-state index in [2.05, 4.69) is 9.72 Å². The lowest BCUT2D eigenvalue weighted by atomic mass is 10.1. The average Bonchev–Trinajstić information content (AvgIpc) is 2.49. The highest BCUT2D eigenvalue weighted by atomic mass is 35.5. The molecule has 0 atom stereocenters. The van der Waals surface area contributed by atoms with Crippen LogP contribution in [0.15, 0.2) is 48.7 Å². The van der Waals surface area contributed by atoms with Crippen LogP contribution >= 0.6 is 11.6 Å². The van der Waals surface area contributed by atoms with Crippen LogP contribution in [-0.4, -0.2) is 17.3 Å². The van der Waals surface area contributed by atoms with Crippen LogP contribution in [0.4, 0.5) is 22.0 Å². The Labute approximate surface area is 139 Å². The summed E-state index contributed by atoms with van der Waals surface area (Å²) in [6.45, 7) is 0. The van der Waals surface area contributed by atoms with Gasteiger partial charge in [-0.1, -0.05) is 35.9 Å². The van der Waals surface area contributed by atoms with Crippen LogP contribution in [0.5, 0.6) is 5.75 Å². The molecule has 2 rings (SSSR count). The van der Waals surface area contributed by atoms with Gasteiger partial charge < -0.3 is 4.74 Å². The maximum atomic E-state index is 12.8. The Morgan fingerprint density at radius 3 is 2.29 bits per heavy atom. The second-order valence-corrected chi connectivity index (χ2v) is 5.13. The summed E-state index contributed by atoms with van der Waals surface area (Å²) in [6, 6.07) is 8.19. The minimum Gasteiger partial charge on any atom is -0.426 e. The third-order valence-corrected chi connectivity index (χ3v) is 3.26. The number of ether oxygens (including phenoxy) is 1. The summed E-state index contributed by atoms with van der Waals surface area (Å²) in [5.41, 5.74) is 1.27. The van der Waals surface area contributed by atoms with Gasteiger partial charge in [-0.05, 0) is 29.8 Å². The fraction of sp³-hybridized carbons (Fsp3) is 0.188. The summed E-state index contributed by atoms with van der Waals surface area (Å²) in [5, 5.41) is 0.514. The molecule has 0 aliphatic rings. The van der Waals surface area contributed by atoms with E-state index in [0.717, 1.165) is 12.1 Å². The van der Waals surface area contributed by atoms with E-state index in [9.17, 15) is 22.0 Å². The van der Waals surface area contributed by atoms with Crippen LogP contribution in [0.3, 0.4) is 0 Å². The zero-order valence-corrected chi connectivity index (χ0v) is 12.8. The Kier molecular flexibility index (Phi) is 5.43. The van der Waals surface area contributed by atoms with E-state index in [-0.39, 0.29) is 0 Å². The van der Waals surface area contributed by atoms with E-state index in [1.54, 1.807) is 30.5 Å². The molecule has 24 heavy (non-hydrogen) atoms. The number of alkyl halides is 5. The largest absolute Gasteiger partial charge is 0.499 e. The van der Waals surface area contributed by atoms with Crippen LogP contribution in [-0.2, 0) is 6.42 Å². The Morgan fingerprint density at radius 2 is 1.71 bits per heavy atom. The molecule has 0 unspecified atom stereocenters. The molecule has 8 heteroatoms. The lowest BCUT2D eigenvalue weighted by Crippen LogP contribution is -2.41. The fourth-order valence-corrected chi connectivity index (χ4v) is 1.93. The van der Waals surface area contributed by atoms with Crippen molar-refractivity contribution in [1.82, 2.24) is 4.98 Å². The van der Waals surface area contributed by atoms with Gasteiger partial charge in [0.25, 0.3) is 0 Å². The van der Waals surface area contributed by atoms with E-state index < -0.39 is 18.0 Å². The number of hydrogen-bond acceptors (Lipinski definition) is 2. The Hall–Kier alpha value is -2.15. The second-order valence-electron chi connectivity index (χ2n) is 4.72. The van der Waals surface area contributed by atoms with Crippen LogP contribution < -0.4 is 4.74 Å². The van der Waals surface area contributed by atoms with Crippen molar-refractivity contribution in [3.63, 3.8) is 0 Å². The molecule has 1 aromatic carbocycles. The lowest BCUT2D eigenvalue weighted by molar-refractivity contribution is -0.360. The molecule has 2 aromatic rings. The van der Waals surface area contributed by atoms with Crippen molar-refractivity contribution in [3.05, 3.63) is 65.0 Å². The van der Waals surface area contributed by atoms with E-state index in [4.69, 9.17) is 11.6 Å². The zero-order valence-electron chi connectivity index (χ0n) is 12.0. The molecule has 0 saturated heterocycles. The molecule has 0 aliphatic carbocycles. The van der Waals surface area contributed by atoms with E-state index in [1.165, 1.54) is 12.1 Å². The van der Waals surface area contributed by atoms with Gasteiger partial charge in [0.05, 0.1) is 10.7 Å². The molecular weight excluding hydrogens is 353 g/mol. The summed E-state index contributed by atoms with van der Waals surface area (Å²) >= 11 is 5.95.